The maximum absolute atomic E-state index is 12.4. The van der Waals surface area contributed by atoms with Crippen LogP contribution < -0.4 is 5.32 Å². The predicted octanol–water partition coefficient (Wildman–Crippen LogP) is 4.39. The highest BCUT2D eigenvalue weighted by Gasteiger charge is 2.38. The number of hydrogen-bond acceptors (Lipinski definition) is 3. The van der Waals surface area contributed by atoms with Crippen LogP contribution in [-0.2, 0) is 4.74 Å². The maximum Gasteiger partial charge on any atom is 0.253 e. The van der Waals surface area contributed by atoms with E-state index >= 15 is 0 Å². The molecule has 2 heterocycles. The van der Waals surface area contributed by atoms with E-state index in [0.29, 0.717) is 24.1 Å². The lowest BCUT2D eigenvalue weighted by Gasteiger charge is -2.44. The third-order valence-corrected chi connectivity index (χ3v) is 5.90. The van der Waals surface area contributed by atoms with Crippen LogP contribution in [0.2, 0.25) is 0 Å². The molecule has 2 saturated heterocycles. The Kier molecular flexibility index (Phi) is 7.09. The van der Waals surface area contributed by atoms with Crippen molar-refractivity contribution >= 4 is 40.7 Å². The van der Waals surface area contributed by atoms with Crippen molar-refractivity contribution in [3.05, 3.63) is 35.9 Å². The normalized spacial score (nSPS) is 25.3. The minimum Gasteiger partial charge on any atom is -0.354 e. The second-order valence-corrected chi connectivity index (χ2v) is 9.46. The van der Waals surface area contributed by atoms with Gasteiger partial charge in [-0.25, -0.2) is 0 Å². The Hall–Kier alpha value is -0.520. The van der Waals surface area contributed by atoms with E-state index in [1.165, 1.54) is 38.8 Å². The van der Waals surface area contributed by atoms with Crippen molar-refractivity contribution in [1.82, 2.24) is 10.2 Å². The summed E-state index contributed by atoms with van der Waals surface area (Å²) in [5.74, 6) is 0.0948. The van der Waals surface area contributed by atoms with Gasteiger partial charge in [-0.2, -0.15) is 0 Å². The Morgan fingerprint density at radius 2 is 1.88 bits per heavy atom. The van der Waals surface area contributed by atoms with Gasteiger partial charge >= 0.3 is 0 Å². The van der Waals surface area contributed by atoms with Crippen LogP contribution in [-0.4, -0.2) is 46.6 Å². The molecule has 0 unspecified atom stereocenters. The molecule has 0 radical (unpaired) electrons. The van der Waals surface area contributed by atoms with Gasteiger partial charge in [-0.05, 0) is 56.8 Å². The van der Waals surface area contributed by atoms with Crippen molar-refractivity contribution in [3.8, 4) is 0 Å². The molecule has 0 spiro atoms. The van der Waals surface area contributed by atoms with Gasteiger partial charge in [0.15, 0.2) is 6.23 Å². The first kappa shape index (κ1) is 20.2. The number of amides is 1. The van der Waals surface area contributed by atoms with Gasteiger partial charge < -0.3 is 15.0 Å². The first-order chi connectivity index (χ1) is 12.4. The van der Waals surface area contributed by atoms with Crippen LogP contribution in [0, 0.1) is 5.92 Å². The number of halogens is 3. The number of fused-ring (bicyclic) bond motifs is 1. The second-order valence-electron chi connectivity index (χ2n) is 7.10. The van der Waals surface area contributed by atoms with Crippen LogP contribution in [0.3, 0.4) is 0 Å². The van der Waals surface area contributed by atoms with Crippen molar-refractivity contribution in [3.63, 3.8) is 0 Å². The summed E-state index contributed by atoms with van der Waals surface area (Å²) in [6, 6.07) is 9.40. The van der Waals surface area contributed by atoms with Crippen molar-refractivity contribution in [2.75, 3.05) is 19.7 Å². The highest BCUT2D eigenvalue weighted by atomic mass is 35.6. The molecule has 1 N–H and O–H groups in total. The van der Waals surface area contributed by atoms with E-state index in [1.807, 2.05) is 6.07 Å². The number of alkyl halides is 3. The van der Waals surface area contributed by atoms with Gasteiger partial charge in [-0.3, -0.25) is 4.79 Å². The summed E-state index contributed by atoms with van der Waals surface area (Å²) in [5.41, 5.74) is 0.506. The molecule has 3 rings (SSSR count). The molecular formula is C19H25Cl3N2O2. The number of piperidine rings is 2. The molecule has 26 heavy (non-hydrogen) atoms. The Balaban J connectivity index is 1.61. The lowest BCUT2D eigenvalue weighted by Crippen LogP contribution is -2.51. The van der Waals surface area contributed by atoms with Crippen molar-refractivity contribution in [1.29, 1.82) is 0 Å². The molecule has 144 valence electrons. The molecule has 0 bridgehead atoms. The zero-order valence-corrected chi connectivity index (χ0v) is 16.9. The van der Waals surface area contributed by atoms with Crippen LogP contribution in [0.4, 0.5) is 0 Å². The molecule has 0 aliphatic carbocycles. The fraction of sp³-hybridized carbons (Fsp3) is 0.632. The third kappa shape index (κ3) is 5.26. The smallest absolute Gasteiger partial charge is 0.253 e. The van der Waals surface area contributed by atoms with Gasteiger partial charge in [0.2, 0.25) is 3.79 Å². The fourth-order valence-corrected chi connectivity index (χ4v) is 4.35. The molecule has 2 aliphatic heterocycles. The maximum atomic E-state index is 12.4. The quantitative estimate of drug-likeness (QED) is 0.568. The molecule has 3 atom stereocenters. The van der Waals surface area contributed by atoms with Gasteiger partial charge in [0.25, 0.3) is 5.91 Å². The lowest BCUT2D eigenvalue weighted by molar-refractivity contribution is -0.0325. The Morgan fingerprint density at radius 1 is 1.15 bits per heavy atom. The zero-order chi connectivity index (χ0) is 18.6. The summed E-state index contributed by atoms with van der Waals surface area (Å²) in [7, 11) is 0. The van der Waals surface area contributed by atoms with Gasteiger partial charge in [0, 0.05) is 11.6 Å². The minimum atomic E-state index is -1.73. The van der Waals surface area contributed by atoms with E-state index < -0.39 is 10.0 Å². The van der Waals surface area contributed by atoms with E-state index in [0.717, 1.165) is 6.42 Å². The summed E-state index contributed by atoms with van der Waals surface area (Å²) in [4.78, 5) is 15.0. The standard InChI is InChI=1S/C19H25Cl3N2O2/c20-19(21,22)18(23-17(25)14-7-2-1-3-8-14)26-13-15-9-6-12-24-11-5-4-10-16(15)24/h1-3,7-8,15-16,18H,4-6,9-13H2,(H,23,25)/t15-,16-,18-/m0/s1. The number of nitrogens with one attached hydrogen (secondary N) is 1. The predicted molar refractivity (Wildman–Crippen MR) is 106 cm³/mol. The van der Waals surface area contributed by atoms with Gasteiger partial charge in [-0.15, -0.1) is 0 Å². The van der Waals surface area contributed by atoms with Crippen LogP contribution >= 0.6 is 34.8 Å². The second kappa shape index (κ2) is 9.11. The van der Waals surface area contributed by atoms with Crippen LogP contribution in [0.25, 0.3) is 0 Å². The first-order valence-electron chi connectivity index (χ1n) is 9.23. The summed E-state index contributed by atoms with van der Waals surface area (Å²) < 4.78 is 4.20. The van der Waals surface area contributed by atoms with Gasteiger partial charge in [0.1, 0.15) is 0 Å². The SMILES string of the molecule is O=C(N[C@@H](OC[C@@H]1CCCN2CCCC[C@@H]12)C(Cl)(Cl)Cl)c1ccccc1. The van der Waals surface area contributed by atoms with Crippen LogP contribution in [0.5, 0.6) is 0 Å². The number of nitrogens with zero attached hydrogens (tertiary/aromatic N) is 1. The number of ether oxygens (including phenoxy) is 1. The highest BCUT2D eigenvalue weighted by molar-refractivity contribution is 6.68. The van der Waals surface area contributed by atoms with E-state index in [9.17, 15) is 4.79 Å². The van der Waals surface area contributed by atoms with Crippen molar-refractivity contribution < 1.29 is 9.53 Å². The fourth-order valence-electron chi connectivity index (χ4n) is 4.00. The average Bonchev–Trinajstić information content (AvgIpc) is 2.64. The molecule has 7 heteroatoms. The number of benzene rings is 1. The number of rotatable bonds is 5. The Labute approximate surface area is 170 Å². The van der Waals surface area contributed by atoms with E-state index in [2.05, 4.69) is 10.2 Å². The lowest BCUT2D eigenvalue weighted by atomic mass is 9.84. The number of carbonyl (C=O) groups excluding carboxylic acids is 1. The first-order valence-corrected chi connectivity index (χ1v) is 10.4. The zero-order valence-electron chi connectivity index (χ0n) is 14.7. The minimum absolute atomic E-state index is 0.315. The molecular weight excluding hydrogens is 395 g/mol. The molecule has 1 aromatic carbocycles. The summed E-state index contributed by atoms with van der Waals surface area (Å²) >= 11 is 18.2. The molecule has 0 saturated carbocycles. The number of carbonyl (C=O) groups is 1. The summed E-state index contributed by atoms with van der Waals surface area (Å²) in [5, 5.41) is 2.71. The molecule has 4 nitrogen and oxygen atoms in total. The van der Waals surface area contributed by atoms with E-state index in [4.69, 9.17) is 39.5 Å². The van der Waals surface area contributed by atoms with E-state index in [-0.39, 0.29) is 5.91 Å². The number of hydrogen-bond donors (Lipinski definition) is 1. The Morgan fingerprint density at radius 3 is 2.62 bits per heavy atom. The molecule has 2 fully saturated rings. The van der Waals surface area contributed by atoms with Crippen molar-refractivity contribution in [2.24, 2.45) is 5.92 Å². The van der Waals surface area contributed by atoms with E-state index in [1.54, 1.807) is 24.3 Å². The molecule has 1 aromatic rings. The largest absolute Gasteiger partial charge is 0.354 e. The third-order valence-electron chi connectivity index (χ3n) is 5.30. The topological polar surface area (TPSA) is 41.6 Å². The van der Waals surface area contributed by atoms with Crippen molar-refractivity contribution in [2.45, 2.75) is 48.2 Å². The molecule has 2 aliphatic rings. The Bertz CT molecular complexity index is 592. The monoisotopic (exact) mass is 418 g/mol. The molecule has 0 aromatic heterocycles. The van der Waals surface area contributed by atoms with Gasteiger partial charge in [0.05, 0.1) is 6.61 Å². The van der Waals surface area contributed by atoms with Gasteiger partial charge in [-0.1, -0.05) is 59.4 Å². The highest BCUT2D eigenvalue weighted by Crippen LogP contribution is 2.34. The van der Waals surface area contributed by atoms with Crippen LogP contribution in [0.15, 0.2) is 30.3 Å². The summed E-state index contributed by atoms with van der Waals surface area (Å²) in [6.07, 6.45) is 5.02. The summed E-state index contributed by atoms with van der Waals surface area (Å²) in [6.45, 7) is 2.81. The van der Waals surface area contributed by atoms with Crippen LogP contribution in [0.1, 0.15) is 42.5 Å². The average molecular weight is 420 g/mol. The molecule has 1 amide bonds.